The van der Waals surface area contributed by atoms with Gasteiger partial charge in [0.15, 0.2) is 11.6 Å². The van der Waals surface area contributed by atoms with Gasteiger partial charge in [-0.15, -0.1) is 0 Å². The van der Waals surface area contributed by atoms with E-state index in [0.717, 1.165) is 11.2 Å². The van der Waals surface area contributed by atoms with E-state index in [1.807, 2.05) is 0 Å². The van der Waals surface area contributed by atoms with E-state index in [1.165, 1.54) is 20.8 Å². The molecule has 0 aromatic rings. The van der Waals surface area contributed by atoms with E-state index in [9.17, 15) is 63.0 Å². The quantitative estimate of drug-likeness (QED) is 0.0402. The van der Waals surface area contributed by atoms with Gasteiger partial charge in [0.05, 0.1) is 26.0 Å². The number of phosphoric acid groups is 3. The van der Waals surface area contributed by atoms with Crippen LogP contribution in [0.2, 0.25) is 0 Å². The van der Waals surface area contributed by atoms with Crippen LogP contribution in [0.4, 0.5) is 0 Å². The zero-order valence-electron chi connectivity index (χ0n) is 29.0. The molecular formula is C25H44N7O18P3S. The number of nitrogens with zero attached hydrogens (tertiary/aromatic N) is 4. The number of ketones is 1. The molecule has 0 radical (unpaired) electrons. The normalized spacial score (nSPS) is 27.9. The van der Waals surface area contributed by atoms with Crippen LogP contribution in [0, 0.1) is 5.41 Å². The maximum Gasteiger partial charge on any atom is 0.481 e. The molecule has 0 spiro atoms. The van der Waals surface area contributed by atoms with Gasteiger partial charge in [-0.1, -0.05) is 13.8 Å². The molecule has 3 rings (SSSR count). The summed E-state index contributed by atoms with van der Waals surface area (Å²) in [6.07, 6.45) is -10.5. The van der Waals surface area contributed by atoms with Crippen molar-refractivity contribution < 1.29 is 85.6 Å². The lowest BCUT2D eigenvalue weighted by Gasteiger charge is -2.39. The molecule has 0 aromatic heterocycles. The lowest BCUT2D eigenvalue weighted by molar-refractivity contribution is -0.145. The van der Waals surface area contributed by atoms with E-state index < -0.39 is 109 Å². The van der Waals surface area contributed by atoms with Crippen molar-refractivity contribution >= 4 is 71.6 Å². The highest BCUT2D eigenvalue weighted by atomic mass is 32.1. The number of ether oxygens (including phenoxy) is 1. The molecule has 1 saturated heterocycles. The number of phosphoric ester groups is 3. The second kappa shape index (κ2) is 18.5. The number of aliphatic hydroxyl groups is 3. The van der Waals surface area contributed by atoms with Crippen molar-refractivity contribution in [2.75, 3.05) is 38.7 Å². The van der Waals surface area contributed by atoms with Crippen LogP contribution in [0.25, 0.3) is 0 Å². The summed E-state index contributed by atoms with van der Waals surface area (Å²) >= 11 is 3.95. The van der Waals surface area contributed by atoms with Crippen molar-refractivity contribution in [1.82, 2.24) is 15.5 Å². The van der Waals surface area contributed by atoms with Crippen LogP contribution in [0.3, 0.4) is 0 Å². The first-order chi connectivity index (χ1) is 24.9. The maximum absolute atomic E-state index is 13.5. The van der Waals surface area contributed by atoms with Crippen molar-refractivity contribution in [1.29, 1.82) is 0 Å². The minimum absolute atomic E-state index is 0.122. The standard InChI is InChI=1S/C25H44N7O18P3S/c1-13(33)8-15(34)25-19(21(26)29-11-31-25)30-12-32(25)23-17(36)18(49-51(39,40)41)14(48-23)9-46-52(42,43)50-53(44,45)47-10-24(2,3)20(37)22(38)28-5-4-16(35)27-6-7-54/h11,13-14,17-18,20,23,33,36-37,54H,4-10,12H2,1-3H3,(H,27,35)(H,28,38)(H,42,43)(H,44,45)(H2,26,29,31)(H2,39,40,41)/t13?,14-,17-,18-,20+,23-,25?/m1/s1. The molecule has 1 fully saturated rings. The van der Waals surface area contributed by atoms with Crippen molar-refractivity contribution in [3.63, 3.8) is 0 Å². The molecule has 2 amide bonds. The van der Waals surface area contributed by atoms with E-state index >= 15 is 0 Å². The molecule has 3 aliphatic rings. The summed E-state index contributed by atoms with van der Waals surface area (Å²) in [5.41, 5.74) is 1.98. The fourth-order valence-electron chi connectivity index (χ4n) is 5.27. The Hall–Kier alpha value is -2.06. The third-order valence-electron chi connectivity index (χ3n) is 7.84. The van der Waals surface area contributed by atoms with Gasteiger partial charge in [0.2, 0.25) is 17.5 Å². The average molecular weight is 856 g/mol. The Morgan fingerprint density at radius 2 is 1.78 bits per heavy atom. The zero-order valence-corrected chi connectivity index (χ0v) is 32.6. The Labute approximate surface area is 313 Å². The van der Waals surface area contributed by atoms with Gasteiger partial charge in [-0.25, -0.2) is 28.6 Å². The highest BCUT2D eigenvalue weighted by molar-refractivity contribution is 7.80. The average Bonchev–Trinajstić information content (AvgIpc) is 3.58. The maximum atomic E-state index is 13.5. The number of aliphatic hydroxyl groups excluding tert-OH is 3. The zero-order chi connectivity index (χ0) is 40.9. The number of Topliss-reactive ketones (excluding diaryl/α,β-unsaturated/α-hetero) is 1. The topological polar surface area (TPSA) is 381 Å². The van der Waals surface area contributed by atoms with Gasteiger partial charge in [-0.2, -0.15) is 16.9 Å². The van der Waals surface area contributed by atoms with Crippen LogP contribution < -0.4 is 16.4 Å². The van der Waals surface area contributed by atoms with Gasteiger partial charge in [-0.3, -0.25) is 32.9 Å². The van der Waals surface area contributed by atoms with Crippen LogP contribution in [0.1, 0.15) is 33.6 Å². The number of fused-ring (bicyclic) bond motifs is 1. The molecule has 0 aromatic carbocycles. The largest absolute Gasteiger partial charge is 0.481 e. The third-order valence-corrected chi connectivity index (χ3v) is 11.2. The van der Waals surface area contributed by atoms with Gasteiger partial charge < -0.3 is 56.0 Å². The lowest BCUT2D eigenvalue weighted by atomic mass is 9.87. The van der Waals surface area contributed by atoms with Gasteiger partial charge in [0.1, 0.15) is 42.7 Å². The highest BCUT2D eigenvalue weighted by Crippen LogP contribution is 2.61. The number of hydrogen-bond acceptors (Lipinski definition) is 20. The molecule has 11 N–H and O–H groups in total. The molecular weight excluding hydrogens is 811 g/mol. The number of carbonyl (C=O) groups is 3. The van der Waals surface area contributed by atoms with Crippen molar-refractivity contribution in [2.24, 2.45) is 26.1 Å². The van der Waals surface area contributed by atoms with Crippen molar-refractivity contribution in [3.05, 3.63) is 0 Å². The summed E-state index contributed by atoms with van der Waals surface area (Å²) < 4.78 is 61.4. The number of amides is 2. The summed E-state index contributed by atoms with van der Waals surface area (Å²) in [6, 6.07) is 0. The molecule has 0 saturated carbocycles. The molecule has 0 bridgehead atoms. The van der Waals surface area contributed by atoms with E-state index in [1.54, 1.807) is 0 Å². The predicted molar refractivity (Wildman–Crippen MR) is 187 cm³/mol. The monoisotopic (exact) mass is 855 g/mol. The van der Waals surface area contributed by atoms with E-state index in [2.05, 4.69) is 47.1 Å². The number of hydrogen-bond donors (Lipinski definition) is 11. The fraction of sp³-hybridized carbons (Fsp3) is 0.760. The summed E-state index contributed by atoms with van der Waals surface area (Å²) in [5.74, 6) is -2.01. The van der Waals surface area contributed by atoms with Gasteiger partial charge in [0, 0.05) is 37.1 Å². The Morgan fingerprint density at radius 1 is 1.13 bits per heavy atom. The molecule has 4 unspecified atom stereocenters. The Balaban J connectivity index is 1.69. The summed E-state index contributed by atoms with van der Waals surface area (Å²) in [7, 11) is -16.6. The van der Waals surface area contributed by atoms with Gasteiger partial charge in [0.25, 0.3) is 0 Å². The number of nitrogens with two attached hydrogens (primary N) is 1. The molecule has 0 aliphatic carbocycles. The Kier molecular flexibility index (Phi) is 15.8. The predicted octanol–water partition coefficient (Wildman–Crippen LogP) is -3.11. The fourth-order valence-corrected chi connectivity index (χ4v) is 8.21. The number of thiol groups is 1. The SMILES string of the molecule is CC(O)CC(=O)C12N=CN=C(N)C1=NCN2[C@@H]1O[C@H](COP(=O)(O)OP(=O)(O)OCC(C)(C)[C@@H](O)C(=O)NCCC(=O)NCCS)[C@@H](OP(=O)(O)O)[C@H]1O. The summed E-state index contributed by atoms with van der Waals surface area (Å²) in [6.45, 7) is 1.32. The lowest BCUT2D eigenvalue weighted by Crippen LogP contribution is -2.64. The van der Waals surface area contributed by atoms with Crippen LogP contribution in [-0.4, -0.2) is 156 Å². The minimum atomic E-state index is -5.65. The van der Waals surface area contributed by atoms with Crippen LogP contribution >= 0.6 is 36.1 Å². The van der Waals surface area contributed by atoms with Crippen LogP contribution in [-0.2, 0) is 50.7 Å². The molecule has 3 aliphatic heterocycles. The summed E-state index contributed by atoms with van der Waals surface area (Å²) in [4.78, 5) is 90.1. The Bertz CT molecular complexity index is 1640. The van der Waals surface area contributed by atoms with Crippen molar-refractivity contribution in [2.45, 2.75) is 76.0 Å². The van der Waals surface area contributed by atoms with E-state index in [0.29, 0.717) is 12.3 Å². The number of carbonyl (C=O) groups excluding carboxylic acids is 3. The number of aliphatic imine (C=N–C) groups is 3. The van der Waals surface area contributed by atoms with Gasteiger partial charge in [-0.05, 0) is 6.92 Å². The molecule has 9 atom stereocenters. The number of nitrogens with one attached hydrogen (secondary N) is 2. The molecule has 29 heteroatoms. The first-order valence-electron chi connectivity index (χ1n) is 15.8. The highest BCUT2D eigenvalue weighted by Gasteiger charge is 2.61. The van der Waals surface area contributed by atoms with Crippen LogP contribution in [0.5, 0.6) is 0 Å². The first-order valence-corrected chi connectivity index (χ1v) is 21.0. The third kappa shape index (κ3) is 12.0. The number of amidine groups is 1. The molecule has 308 valence electrons. The van der Waals surface area contributed by atoms with E-state index in [-0.39, 0.29) is 30.4 Å². The Morgan fingerprint density at radius 3 is 2.39 bits per heavy atom. The van der Waals surface area contributed by atoms with Crippen molar-refractivity contribution in [3.8, 4) is 0 Å². The summed E-state index contributed by atoms with van der Waals surface area (Å²) in [5, 5.41) is 36.4. The van der Waals surface area contributed by atoms with E-state index in [4.69, 9.17) is 19.5 Å². The van der Waals surface area contributed by atoms with Gasteiger partial charge >= 0.3 is 23.5 Å². The molecule has 54 heavy (non-hydrogen) atoms. The molecule has 3 heterocycles. The first kappa shape index (κ1) is 46.3. The smallest absolute Gasteiger partial charge is 0.393 e. The molecule has 25 nitrogen and oxygen atoms in total. The second-order valence-corrected chi connectivity index (χ2v) is 17.4. The second-order valence-electron chi connectivity index (χ2n) is 12.7. The number of rotatable bonds is 21. The van der Waals surface area contributed by atoms with Crippen LogP contribution in [0.15, 0.2) is 15.0 Å². The minimum Gasteiger partial charge on any atom is -0.393 e.